The van der Waals surface area contributed by atoms with Crippen LogP contribution in [0.1, 0.15) is 17.9 Å². The fourth-order valence-corrected chi connectivity index (χ4v) is 2.56. The number of rotatable bonds is 5. The molecule has 0 radical (unpaired) electrons. The van der Waals surface area contributed by atoms with Crippen LogP contribution in [0.3, 0.4) is 0 Å². The number of nitrogens with zero attached hydrogens (tertiary/aromatic N) is 2. The highest BCUT2D eigenvalue weighted by atomic mass is 35.5. The quantitative estimate of drug-likeness (QED) is 0.589. The summed E-state index contributed by atoms with van der Waals surface area (Å²) < 4.78 is 56.5. The number of carbonyl (C=O) groups is 1. The Labute approximate surface area is 161 Å². The highest BCUT2D eigenvalue weighted by Gasteiger charge is 2.33. The van der Waals surface area contributed by atoms with Gasteiger partial charge in [-0.2, -0.15) is 18.2 Å². The SMILES string of the molecule is O=C(CCc1nc(-c2ccc(F)cc2)no1)Nc1ccc(Cl)c(C(F)(F)F)c1. The second-order valence-corrected chi connectivity index (χ2v) is 6.17. The summed E-state index contributed by atoms with van der Waals surface area (Å²) >= 11 is 5.54. The number of aromatic nitrogens is 2. The molecule has 0 unspecified atom stereocenters. The second-order valence-electron chi connectivity index (χ2n) is 5.76. The van der Waals surface area contributed by atoms with Crippen LogP contribution in [-0.2, 0) is 17.4 Å². The summed E-state index contributed by atoms with van der Waals surface area (Å²) in [5.74, 6) is -0.526. The number of anilines is 1. The molecular formula is C18H12ClF4N3O2. The van der Waals surface area contributed by atoms with Crippen LogP contribution < -0.4 is 5.32 Å². The van der Waals surface area contributed by atoms with Crippen LogP contribution in [0.2, 0.25) is 5.02 Å². The maximum atomic E-state index is 12.9. The molecule has 0 aliphatic carbocycles. The summed E-state index contributed by atoms with van der Waals surface area (Å²) in [5.41, 5.74) is -0.520. The van der Waals surface area contributed by atoms with Crippen molar-refractivity contribution in [3.8, 4) is 11.4 Å². The normalized spacial score (nSPS) is 11.5. The van der Waals surface area contributed by atoms with E-state index in [4.69, 9.17) is 16.1 Å². The summed E-state index contributed by atoms with van der Waals surface area (Å²) in [4.78, 5) is 16.1. The third kappa shape index (κ3) is 4.86. The average Bonchev–Trinajstić information content (AvgIpc) is 3.10. The zero-order chi connectivity index (χ0) is 20.3. The molecule has 1 N–H and O–H groups in total. The number of nitrogens with one attached hydrogen (secondary N) is 1. The summed E-state index contributed by atoms with van der Waals surface area (Å²) in [6, 6.07) is 8.56. The molecule has 3 rings (SSSR count). The summed E-state index contributed by atoms with van der Waals surface area (Å²) in [6.45, 7) is 0. The van der Waals surface area contributed by atoms with Crippen molar-refractivity contribution >= 4 is 23.2 Å². The Balaban J connectivity index is 1.60. The molecule has 5 nitrogen and oxygen atoms in total. The van der Waals surface area contributed by atoms with E-state index in [0.717, 1.165) is 12.1 Å². The second kappa shape index (κ2) is 7.97. The van der Waals surface area contributed by atoms with Crippen LogP contribution in [0.4, 0.5) is 23.2 Å². The van der Waals surface area contributed by atoms with Crippen molar-refractivity contribution in [1.82, 2.24) is 10.1 Å². The van der Waals surface area contributed by atoms with Crippen LogP contribution >= 0.6 is 11.6 Å². The standard InChI is InChI=1S/C18H12ClF4N3O2/c19-14-6-5-12(9-13(14)18(21,22)23)24-15(27)7-8-16-25-17(26-28-16)10-1-3-11(20)4-2-10/h1-6,9H,7-8H2,(H,24,27). The van der Waals surface area contributed by atoms with Crippen molar-refractivity contribution < 1.29 is 26.9 Å². The first-order valence-corrected chi connectivity index (χ1v) is 8.35. The van der Waals surface area contributed by atoms with Gasteiger partial charge in [0.05, 0.1) is 10.6 Å². The molecule has 0 spiro atoms. The number of alkyl halides is 3. The zero-order valence-electron chi connectivity index (χ0n) is 14.1. The fraction of sp³-hybridized carbons (Fsp3) is 0.167. The van der Waals surface area contributed by atoms with Gasteiger partial charge in [-0.1, -0.05) is 16.8 Å². The predicted octanol–water partition coefficient (Wildman–Crippen LogP) is 5.12. The van der Waals surface area contributed by atoms with Gasteiger partial charge in [-0.3, -0.25) is 4.79 Å². The van der Waals surface area contributed by atoms with Gasteiger partial charge in [0.1, 0.15) is 5.82 Å². The van der Waals surface area contributed by atoms with E-state index < -0.39 is 28.5 Å². The van der Waals surface area contributed by atoms with Crippen LogP contribution in [-0.4, -0.2) is 16.0 Å². The maximum absolute atomic E-state index is 12.9. The fourth-order valence-electron chi connectivity index (χ4n) is 2.34. The highest BCUT2D eigenvalue weighted by molar-refractivity contribution is 6.31. The third-order valence-corrected chi connectivity index (χ3v) is 4.02. The van der Waals surface area contributed by atoms with Crippen molar-refractivity contribution in [2.24, 2.45) is 0 Å². The minimum absolute atomic E-state index is 0.0285. The molecule has 0 saturated carbocycles. The van der Waals surface area contributed by atoms with E-state index in [1.165, 1.54) is 30.3 Å². The molecule has 2 aromatic carbocycles. The molecule has 0 aliphatic rings. The summed E-state index contributed by atoms with van der Waals surface area (Å²) in [5, 5.41) is 5.66. The van der Waals surface area contributed by atoms with Crippen molar-refractivity contribution in [2.75, 3.05) is 5.32 Å². The molecule has 28 heavy (non-hydrogen) atoms. The lowest BCUT2D eigenvalue weighted by Crippen LogP contribution is -2.14. The first-order chi connectivity index (χ1) is 13.2. The van der Waals surface area contributed by atoms with Crippen LogP contribution in [0.15, 0.2) is 47.0 Å². The van der Waals surface area contributed by atoms with Gasteiger partial charge in [0.2, 0.25) is 17.6 Å². The molecule has 1 heterocycles. The summed E-state index contributed by atoms with van der Waals surface area (Å²) in [7, 11) is 0. The maximum Gasteiger partial charge on any atom is 0.417 e. The summed E-state index contributed by atoms with van der Waals surface area (Å²) in [6.07, 6.45) is -4.63. The van der Waals surface area contributed by atoms with Gasteiger partial charge < -0.3 is 9.84 Å². The molecule has 0 bridgehead atoms. The van der Waals surface area contributed by atoms with Crippen molar-refractivity contribution in [2.45, 2.75) is 19.0 Å². The van der Waals surface area contributed by atoms with Crippen LogP contribution in [0.25, 0.3) is 11.4 Å². The number of amides is 1. The van der Waals surface area contributed by atoms with E-state index in [2.05, 4.69) is 15.5 Å². The lowest BCUT2D eigenvalue weighted by molar-refractivity contribution is -0.137. The lowest BCUT2D eigenvalue weighted by atomic mass is 10.2. The largest absolute Gasteiger partial charge is 0.417 e. The first kappa shape index (κ1) is 19.8. The molecule has 0 aliphatic heterocycles. The predicted molar refractivity (Wildman–Crippen MR) is 93.1 cm³/mol. The first-order valence-electron chi connectivity index (χ1n) is 7.97. The molecular weight excluding hydrogens is 402 g/mol. The number of hydrogen-bond donors (Lipinski definition) is 1. The van der Waals surface area contributed by atoms with Gasteiger partial charge in [0, 0.05) is 24.1 Å². The van der Waals surface area contributed by atoms with Crippen molar-refractivity contribution in [3.63, 3.8) is 0 Å². The topological polar surface area (TPSA) is 68.0 Å². The van der Waals surface area contributed by atoms with E-state index >= 15 is 0 Å². The Bertz CT molecular complexity index is 987. The Morgan fingerprint density at radius 1 is 1.14 bits per heavy atom. The van der Waals surface area contributed by atoms with Gasteiger partial charge in [0.25, 0.3) is 0 Å². The van der Waals surface area contributed by atoms with Crippen molar-refractivity contribution in [1.29, 1.82) is 0 Å². The number of hydrogen-bond acceptors (Lipinski definition) is 4. The van der Waals surface area contributed by atoms with Crippen LogP contribution in [0.5, 0.6) is 0 Å². The molecule has 146 valence electrons. The highest BCUT2D eigenvalue weighted by Crippen LogP contribution is 2.36. The molecule has 1 amide bonds. The zero-order valence-corrected chi connectivity index (χ0v) is 14.8. The number of benzene rings is 2. The minimum atomic E-state index is -4.63. The lowest BCUT2D eigenvalue weighted by Gasteiger charge is -2.11. The molecule has 3 aromatic rings. The Kier molecular flexibility index (Phi) is 5.64. The van der Waals surface area contributed by atoms with Gasteiger partial charge in [-0.15, -0.1) is 0 Å². The van der Waals surface area contributed by atoms with E-state index in [-0.39, 0.29) is 30.2 Å². The monoisotopic (exact) mass is 413 g/mol. The number of carbonyl (C=O) groups excluding carboxylic acids is 1. The van der Waals surface area contributed by atoms with Crippen molar-refractivity contribution in [3.05, 3.63) is 64.8 Å². The smallest absolute Gasteiger partial charge is 0.339 e. The molecule has 0 fully saturated rings. The van der Waals surface area contributed by atoms with Gasteiger partial charge in [0.15, 0.2) is 0 Å². The van der Waals surface area contributed by atoms with Gasteiger partial charge >= 0.3 is 6.18 Å². The molecule has 10 heteroatoms. The number of halogens is 5. The molecule has 0 saturated heterocycles. The van der Waals surface area contributed by atoms with Gasteiger partial charge in [-0.05, 0) is 42.5 Å². The molecule has 1 aromatic heterocycles. The Morgan fingerprint density at radius 3 is 2.54 bits per heavy atom. The number of aryl methyl sites for hydroxylation is 1. The van der Waals surface area contributed by atoms with E-state index in [0.29, 0.717) is 5.56 Å². The van der Waals surface area contributed by atoms with Gasteiger partial charge in [-0.25, -0.2) is 4.39 Å². The van der Waals surface area contributed by atoms with Crippen LogP contribution in [0, 0.1) is 5.82 Å². The Morgan fingerprint density at radius 2 is 1.86 bits per heavy atom. The average molecular weight is 414 g/mol. The van der Waals surface area contributed by atoms with E-state index in [1.807, 2.05) is 0 Å². The van der Waals surface area contributed by atoms with E-state index in [9.17, 15) is 22.4 Å². The van der Waals surface area contributed by atoms with E-state index in [1.54, 1.807) is 0 Å². The molecule has 0 atom stereocenters. The Hall–Kier alpha value is -2.94. The minimum Gasteiger partial charge on any atom is -0.339 e. The third-order valence-electron chi connectivity index (χ3n) is 3.69.